The summed E-state index contributed by atoms with van der Waals surface area (Å²) in [5, 5.41) is 16.4. The van der Waals surface area contributed by atoms with Crippen molar-refractivity contribution in [1.82, 2.24) is 5.32 Å². The number of anilines is 1. The third-order valence-electron chi connectivity index (χ3n) is 4.50. The number of hydrogen-bond donors (Lipinski definition) is 3. The highest BCUT2D eigenvalue weighted by Crippen LogP contribution is 2.25. The lowest BCUT2D eigenvalue weighted by Gasteiger charge is -2.23. The van der Waals surface area contributed by atoms with E-state index in [0.717, 1.165) is 0 Å². The lowest BCUT2D eigenvalue weighted by molar-refractivity contribution is -0.139. The van der Waals surface area contributed by atoms with Crippen LogP contribution in [-0.4, -0.2) is 42.0 Å². The van der Waals surface area contributed by atoms with Crippen LogP contribution >= 0.6 is 11.3 Å². The van der Waals surface area contributed by atoms with Crippen molar-refractivity contribution in [3.05, 3.63) is 52.2 Å². The predicted octanol–water partition coefficient (Wildman–Crippen LogP) is 3.26. The summed E-state index contributed by atoms with van der Waals surface area (Å²) in [6.45, 7) is 3.84. The molecule has 8 nitrogen and oxygen atoms in total. The Hall–Kier alpha value is -3.20. The van der Waals surface area contributed by atoms with Gasteiger partial charge in [0.15, 0.2) is 0 Å². The minimum absolute atomic E-state index is 0.109. The molecule has 0 saturated carbocycles. The number of aliphatic carboxylic acids is 1. The maximum atomic E-state index is 12.9. The Labute approximate surface area is 184 Å². The van der Waals surface area contributed by atoms with Crippen LogP contribution in [0.1, 0.15) is 47.8 Å². The first-order chi connectivity index (χ1) is 14.7. The van der Waals surface area contributed by atoms with Gasteiger partial charge in [-0.2, -0.15) is 0 Å². The molecule has 9 heteroatoms. The van der Waals surface area contributed by atoms with Gasteiger partial charge in [0.1, 0.15) is 6.04 Å². The van der Waals surface area contributed by atoms with Gasteiger partial charge in [-0.1, -0.05) is 19.9 Å². The Morgan fingerprint density at radius 1 is 1.06 bits per heavy atom. The van der Waals surface area contributed by atoms with Crippen molar-refractivity contribution in [2.45, 2.75) is 38.6 Å². The highest BCUT2D eigenvalue weighted by atomic mass is 32.1. The van der Waals surface area contributed by atoms with Crippen LogP contribution in [0.3, 0.4) is 0 Å². The molecule has 0 aliphatic carbocycles. The monoisotopic (exact) mass is 446 g/mol. The van der Waals surface area contributed by atoms with Gasteiger partial charge < -0.3 is 20.5 Å². The van der Waals surface area contributed by atoms with E-state index in [2.05, 4.69) is 15.4 Å². The highest BCUT2D eigenvalue weighted by molar-refractivity contribution is 7.10. The summed E-state index contributed by atoms with van der Waals surface area (Å²) in [5.41, 5.74) is 0.806. The van der Waals surface area contributed by atoms with E-state index in [9.17, 15) is 24.3 Å². The molecule has 0 fully saturated rings. The van der Waals surface area contributed by atoms with Gasteiger partial charge in [-0.05, 0) is 48.1 Å². The second-order valence-corrected chi connectivity index (χ2v) is 8.39. The molecule has 0 spiro atoms. The van der Waals surface area contributed by atoms with Crippen LogP contribution in [0.2, 0.25) is 0 Å². The second kappa shape index (κ2) is 11.3. The molecular weight excluding hydrogens is 420 g/mol. The van der Waals surface area contributed by atoms with Gasteiger partial charge in [-0.3, -0.25) is 14.4 Å². The number of carbonyl (C=O) groups excluding carboxylic acids is 3. The lowest BCUT2D eigenvalue weighted by Crippen LogP contribution is -2.46. The molecule has 166 valence electrons. The summed E-state index contributed by atoms with van der Waals surface area (Å²) >= 11 is 1.30. The molecule has 2 atom stereocenters. The molecule has 1 aromatic heterocycles. The van der Waals surface area contributed by atoms with Crippen molar-refractivity contribution in [3.8, 4) is 0 Å². The highest BCUT2D eigenvalue weighted by Gasteiger charge is 2.29. The number of esters is 1. The zero-order valence-corrected chi connectivity index (χ0v) is 18.4. The zero-order valence-electron chi connectivity index (χ0n) is 17.6. The first-order valence-electron chi connectivity index (χ1n) is 9.76. The number of carboxylic acids is 1. The molecule has 2 aromatic rings. The lowest BCUT2D eigenvalue weighted by atomic mass is 9.99. The zero-order chi connectivity index (χ0) is 23.0. The summed E-state index contributed by atoms with van der Waals surface area (Å²) < 4.78 is 4.65. The maximum Gasteiger partial charge on any atom is 0.337 e. The molecule has 1 aromatic carbocycles. The molecule has 2 rings (SSSR count). The number of rotatable bonds is 10. The fraction of sp³-hybridized carbons (Fsp3) is 0.364. The molecular formula is C22H26N2O6S. The predicted molar refractivity (Wildman–Crippen MR) is 117 cm³/mol. The number of amides is 2. The second-order valence-electron chi connectivity index (χ2n) is 7.41. The van der Waals surface area contributed by atoms with Crippen molar-refractivity contribution < 1.29 is 29.0 Å². The van der Waals surface area contributed by atoms with Gasteiger partial charge >= 0.3 is 11.9 Å². The van der Waals surface area contributed by atoms with Crippen molar-refractivity contribution in [2.75, 3.05) is 12.4 Å². The van der Waals surface area contributed by atoms with E-state index >= 15 is 0 Å². The number of carbonyl (C=O) groups is 4. The molecule has 1 heterocycles. The molecule has 0 radical (unpaired) electrons. The van der Waals surface area contributed by atoms with Crippen LogP contribution in [0, 0.1) is 5.92 Å². The minimum Gasteiger partial charge on any atom is -0.481 e. The number of carboxylic acid groups (broad SMARTS) is 1. The number of hydrogen-bond acceptors (Lipinski definition) is 6. The SMILES string of the molecule is COC(=O)c1ccc(NC(=O)C(CC(C)C)NC(=O)[C@H](CC(=O)O)c2cccs2)cc1. The standard InChI is InChI=1S/C22H26N2O6S/c1-13(2)11-17(21(28)23-15-8-6-14(7-9-15)22(29)30-3)24-20(27)16(12-19(25)26)18-5-4-10-31-18/h4-10,13,16-17H,11-12H2,1-3H3,(H,23,28)(H,24,27)(H,25,26)/t16-,17?/m1/s1. The summed E-state index contributed by atoms with van der Waals surface area (Å²) in [6, 6.07) is 8.79. The van der Waals surface area contributed by atoms with Crippen LogP contribution in [0.15, 0.2) is 41.8 Å². The normalized spacial score (nSPS) is 12.6. The summed E-state index contributed by atoms with van der Waals surface area (Å²) in [5.74, 6) is -3.28. The smallest absolute Gasteiger partial charge is 0.337 e. The Morgan fingerprint density at radius 2 is 1.74 bits per heavy atom. The van der Waals surface area contributed by atoms with Crippen LogP contribution in [0.25, 0.3) is 0 Å². The van der Waals surface area contributed by atoms with Gasteiger partial charge in [0.25, 0.3) is 0 Å². The van der Waals surface area contributed by atoms with E-state index in [1.807, 2.05) is 13.8 Å². The van der Waals surface area contributed by atoms with Crippen LogP contribution in [-0.2, 0) is 19.1 Å². The molecule has 0 bridgehead atoms. The van der Waals surface area contributed by atoms with Crippen LogP contribution in [0.5, 0.6) is 0 Å². The Kier molecular flexibility index (Phi) is 8.75. The number of ether oxygens (including phenoxy) is 1. The van der Waals surface area contributed by atoms with E-state index in [0.29, 0.717) is 22.5 Å². The van der Waals surface area contributed by atoms with Crippen molar-refractivity contribution >= 4 is 40.8 Å². The Morgan fingerprint density at radius 3 is 2.26 bits per heavy atom. The average Bonchev–Trinajstić information content (AvgIpc) is 3.25. The first kappa shape index (κ1) is 24.1. The number of methoxy groups -OCH3 is 1. The van der Waals surface area contributed by atoms with Gasteiger partial charge in [-0.15, -0.1) is 11.3 Å². The van der Waals surface area contributed by atoms with Gasteiger partial charge in [0.05, 0.1) is 25.0 Å². The Balaban J connectivity index is 2.14. The minimum atomic E-state index is -1.09. The van der Waals surface area contributed by atoms with Gasteiger partial charge in [0, 0.05) is 10.6 Å². The van der Waals surface area contributed by atoms with Gasteiger partial charge in [0.2, 0.25) is 11.8 Å². The average molecular weight is 447 g/mol. The van der Waals surface area contributed by atoms with Crippen molar-refractivity contribution in [2.24, 2.45) is 5.92 Å². The third-order valence-corrected chi connectivity index (χ3v) is 5.48. The van der Waals surface area contributed by atoms with Crippen LogP contribution < -0.4 is 10.6 Å². The van der Waals surface area contributed by atoms with E-state index < -0.39 is 35.7 Å². The maximum absolute atomic E-state index is 12.9. The summed E-state index contributed by atoms with van der Waals surface area (Å²) in [7, 11) is 1.28. The largest absolute Gasteiger partial charge is 0.481 e. The number of thiophene rings is 1. The summed E-state index contributed by atoms with van der Waals surface area (Å²) in [4.78, 5) is 49.2. The van der Waals surface area contributed by atoms with Crippen molar-refractivity contribution in [3.63, 3.8) is 0 Å². The molecule has 1 unspecified atom stereocenters. The van der Waals surface area contributed by atoms with E-state index in [1.165, 1.54) is 30.6 Å². The quantitative estimate of drug-likeness (QED) is 0.482. The third kappa shape index (κ3) is 7.21. The van der Waals surface area contributed by atoms with E-state index in [4.69, 9.17) is 0 Å². The number of benzene rings is 1. The van der Waals surface area contributed by atoms with Gasteiger partial charge in [-0.25, -0.2) is 4.79 Å². The van der Waals surface area contributed by atoms with Crippen LogP contribution in [0.4, 0.5) is 5.69 Å². The van der Waals surface area contributed by atoms with Crippen molar-refractivity contribution in [1.29, 1.82) is 0 Å². The molecule has 3 N–H and O–H groups in total. The topological polar surface area (TPSA) is 122 Å². The molecule has 31 heavy (non-hydrogen) atoms. The van der Waals surface area contributed by atoms with E-state index in [-0.39, 0.29) is 12.3 Å². The fourth-order valence-corrected chi connectivity index (χ4v) is 3.82. The van der Waals surface area contributed by atoms with E-state index in [1.54, 1.807) is 29.6 Å². The Bertz CT molecular complexity index is 909. The molecule has 0 saturated heterocycles. The summed E-state index contributed by atoms with van der Waals surface area (Å²) in [6.07, 6.45) is 0.0133. The molecule has 0 aliphatic rings. The first-order valence-corrected chi connectivity index (χ1v) is 10.6. The molecule has 0 aliphatic heterocycles. The number of nitrogens with one attached hydrogen (secondary N) is 2. The fourth-order valence-electron chi connectivity index (χ4n) is 3.00. The molecule has 2 amide bonds.